The van der Waals surface area contributed by atoms with Crippen LogP contribution < -0.4 is 5.32 Å². The van der Waals surface area contributed by atoms with Gasteiger partial charge in [-0.3, -0.25) is 0 Å². The van der Waals surface area contributed by atoms with Crippen molar-refractivity contribution in [2.45, 2.75) is 71.8 Å². The maximum absolute atomic E-state index is 3.61. The molecule has 1 fully saturated rings. The van der Waals surface area contributed by atoms with Gasteiger partial charge in [0, 0.05) is 6.04 Å². The number of hydrogen-bond acceptors (Lipinski definition) is 1. The molecule has 1 rings (SSSR count). The van der Waals surface area contributed by atoms with Gasteiger partial charge in [-0.2, -0.15) is 0 Å². The number of rotatable bonds is 5. The first kappa shape index (κ1) is 13.0. The minimum absolute atomic E-state index is 0.559. The molecular formula is C14H29N. The van der Waals surface area contributed by atoms with Gasteiger partial charge in [-0.25, -0.2) is 0 Å². The predicted molar refractivity (Wildman–Crippen MR) is 68.1 cm³/mol. The van der Waals surface area contributed by atoms with Crippen LogP contribution in [0.25, 0.3) is 0 Å². The molecular weight excluding hydrogens is 182 g/mol. The van der Waals surface area contributed by atoms with Crippen molar-refractivity contribution in [3.8, 4) is 0 Å². The van der Waals surface area contributed by atoms with Gasteiger partial charge in [0.1, 0.15) is 0 Å². The Hall–Kier alpha value is -0.0400. The predicted octanol–water partition coefficient (Wildman–Crippen LogP) is 3.98. The lowest BCUT2D eigenvalue weighted by molar-refractivity contribution is 0.104. The lowest BCUT2D eigenvalue weighted by atomic mass is 9.66. The lowest BCUT2D eigenvalue weighted by Gasteiger charge is -2.44. The number of hydrogen-bond donors (Lipinski definition) is 1. The third-order valence-corrected chi connectivity index (χ3v) is 4.58. The Morgan fingerprint density at radius 2 is 1.60 bits per heavy atom. The summed E-state index contributed by atoms with van der Waals surface area (Å²) >= 11 is 0. The first-order valence-electron chi connectivity index (χ1n) is 6.85. The molecule has 1 unspecified atom stereocenters. The molecule has 0 bridgehead atoms. The van der Waals surface area contributed by atoms with Crippen molar-refractivity contribution < 1.29 is 0 Å². The van der Waals surface area contributed by atoms with E-state index in [0.29, 0.717) is 5.41 Å². The first-order chi connectivity index (χ1) is 7.18. The maximum Gasteiger partial charge on any atom is 0.0146 e. The molecule has 1 nitrogen and oxygen atoms in total. The second kappa shape index (κ2) is 5.89. The minimum Gasteiger partial charge on any atom is -0.316 e. The highest BCUT2D eigenvalue weighted by Gasteiger charge is 2.37. The van der Waals surface area contributed by atoms with Crippen molar-refractivity contribution >= 4 is 0 Å². The normalized spacial score (nSPS) is 23.0. The van der Waals surface area contributed by atoms with E-state index in [2.05, 4.69) is 33.1 Å². The van der Waals surface area contributed by atoms with Crippen molar-refractivity contribution in [2.24, 2.45) is 11.3 Å². The third kappa shape index (κ3) is 2.96. The van der Waals surface area contributed by atoms with E-state index in [1.54, 1.807) is 0 Å². The van der Waals surface area contributed by atoms with Crippen molar-refractivity contribution in [3.05, 3.63) is 0 Å². The maximum atomic E-state index is 3.61. The quantitative estimate of drug-likeness (QED) is 0.725. The molecule has 0 aromatic heterocycles. The molecule has 1 aliphatic rings. The SMILES string of the molecule is CCC(CC)C(NC)C1(C)CCCCC1. The Morgan fingerprint density at radius 3 is 2.00 bits per heavy atom. The fraction of sp³-hybridized carbons (Fsp3) is 1.00. The molecule has 15 heavy (non-hydrogen) atoms. The molecule has 0 heterocycles. The monoisotopic (exact) mass is 211 g/mol. The van der Waals surface area contributed by atoms with Crippen LogP contribution in [0.2, 0.25) is 0 Å². The summed E-state index contributed by atoms with van der Waals surface area (Å²) in [6.45, 7) is 7.18. The smallest absolute Gasteiger partial charge is 0.0146 e. The zero-order chi connectivity index (χ0) is 11.3. The number of nitrogens with one attached hydrogen (secondary N) is 1. The molecule has 0 amide bonds. The standard InChI is InChI=1S/C14H29N/c1-5-12(6-2)13(15-4)14(3)10-8-7-9-11-14/h12-13,15H,5-11H2,1-4H3. The van der Waals surface area contributed by atoms with E-state index in [0.717, 1.165) is 12.0 Å². The van der Waals surface area contributed by atoms with E-state index >= 15 is 0 Å². The highest BCUT2D eigenvalue weighted by Crippen LogP contribution is 2.42. The minimum atomic E-state index is 0.559. The molecule has 1 heteroatoms. The van der Waals surface area contributed by atoms with Crippen LogP contribution in [0.1, 0.15) is 65.7 Å². The van der Waals surface area contributed by atoms with Crippen molar-refractivity contribution in [1.29, 1.82) is 0 Å². The third-order valence-electron chi connectivity index (χ3n) is 4.58. The van der Waals surface area contributed by atoms with Gasteiger partial charge in [-0.1, -0.05) is 52.9 Å². The molecule has 1 aliphatic carbocycles. The van der Waals surface area contributed by atoms with E-state index in [1.165, 1.54) is 44.9 Å². The molecule has 0 radical (unpaired) electrons. The Morgan fingerprint density at radius 1 is 1.07 bits per heavy atom. The summed E-state index contributed by atoms with van der Waals surface area (Å²) in [7, 11) is 2.16. The van der Waals surface area contributed by atoms with Crippen LogP contribution in [0.15, 0.2) is 0 Å². The molecule has 1 N–H and O–H groups in total. The van der Waals surface area contributed by atoms with Gasteiger partial charge >= 0.3 is 0 Å². The average molecular weight is 211 g/mol. The Labute approximate surface area is 96.0 Å². The van der Waals surface area contributed by atoms with Crippen LogP contribution in [0, 0.1) is 11.3 Å². The van der Waals surface area contributed by atoms with Crippen molar-refractivity contribution in [2.75, 3.05) is 7.05 Å². The van der Waals surface area contributed by atoms with E-state index < -0.39 is 0 Å². The van der Waals surface area contributed by atoms with E-state index in [1.807, 2.05) is 0 Å². The summed E-state index contributed by atoms with van der Waals surface area (Å²) in [5.41, 5.74) is 0.559. The largest absolute Gasteiger partial charge is 0.316 e. The Bertz CT molecular complexity index is 166. The summed E-state index contributed by atoms with van der Waals surface area (Å²) in [5, 5.41) is 3.61. The summed E-state index contributed by atoms with van der Waals surface area (Å²) in [5.74, 6) is 0.859. The molecule has 1 atom stereocenters. The highest BCUT2D eigenvalue weighted by molar-refractivity contribution is 4.92. The Kier molecular flexibility index (Phi) is 5.11. The van der Waals surface area contributed by atoms with Crippen LogP contribution in [0.5, 0.6) is 0 Å². The highest BCUT2D eigenvalue weighted by atomic mass is 14.9. The van der Waals surface area contributed by atoms with Gasteiger partial charge in [0.25, 0.3) is 0 Å². The van der Waals surface area contributed by atoms with Gasteiger partial charge in [0.2, 0.25) is 0 Å². The second-order valence-corrected chi connectivity index (χ2v) is 5.56. The van der Waals surface area contributed by atoms with Gasteiger partial charge in [0.15, 0.2) is 0 Å². The van der Waals surface area contributed by atoms with Gasteiger partial charge < -0.3 is 5.32 Å². The molecule has 90 valence electrons. The van der Waals surface area contributed by atoms with Crippen LogP contribution in [-0.4, -0.2) is 13.1 Å². The fourth-order valence-electron chi connectivity index (χ4n) is 3.58. The van der Waals surface area contributed by atoms with E-state index in [4.69, 9.17) is 0 Å². The fourth-order valence-corrected chi connectivity index (χ4v) is 3.58. The van der Waals surface area contributed by atoms with Crippen molar-refractivity contribution in [3.63, 3.8) is 0 Å². The van der Waals surface area contributed by atoms with E-state index in [9.17, 15) is 0 Å². The molecule has 0 aromatic carbocycles. The van der Waals surface area contributed by atoms with Gasteiger partial charge in [-0.15, -0.1) is 0 Å². The molecule has 1 saturated carbocycles. The Balaban J connectivity index is 2.69. The summed E-state index contributed by atoms with van der Waals surface area (Å²) < 4.78 is 0. The van der Waals surface area contributed by atoms with Gasteiger partial charge in [0.05, 0.1) is 0 Å². The second-order valence-electron chi connectivity index (χ2n) is 5.56. The zero-order valence-electron chi connectivity index (χ0n) is 11.1. The van der Waals surface area contributed by atoms with Crippen LogP contribution >= 0.6 is 0 Å². The van der Waals surface area contributed by atoms with Crippen molar-refractivity contribution in [1.82, 2.24) is 5.32 Å². The van der Waals surface area contributed by atoms with Gasteiger partial charge in [-0.05, 0) is 31.2 Å². The molecule has 0 aliphatic heterocycles. The lowest BCUT2D eigenvalue weighted by Crippen LogP contribution is -2.47. The summed E-state index contributed by atoms with van der Waals surface area (Å²) in [4.78, 5) is 0. The zero-order valence-corrected chi connectivity index (χ0v) is 11.1. The topological polar surface area (TPSA) is 12.0 Å². The molecule has 0 spiro atoms. The average Bonchev–Trinajstić information content (AvgIpc) is 2.26. The first-order valence-corrected chi connectivity index (χ1v) is 6.85. The molecule has 0 aromatic rings. The molecule has 0 saturated heterocycles. The van der Waals surface area contributed by atoms with Crippen LogP contribution in [0.4, 0.5) is 0 Å². The van der Waals surface area contributed by atoms with Crippen LogP contribution in [-0.2, 0) is 0 Å². The summed E-state index contributed by atoms with van der Waals surface area (Å²) in [6.07, 6.45) is 9.82. The van der Waals surface area contributed by atoms with Crippen LogP contribution in [0.3, 0.4) is 0 Å². The van der Waals surface area contributed by atoms with E-state index in [-0.39, 0.29) is 0 Å². The summed E-state index contributed by atoms with van der Waals surface area (Å²) in [6, 6.07) is 0.729.